The van der Waals surface area contributed by atoms with E-state index in [1.54, 1.807) is 30.3 Å². The summed E-state index contributed by atoms with van der Waals surface area (Å²) in [6.07, 6.45) is 5.22. The molecule has 0 aliphatic carbocycles. The number of rotatable bonds is 1. The molecule has 4 heteroatoms. The quantitative estimate of drug-likeness (QED) is 0.371. The average molecular weight is 262 g/mol. The number of nitro groups is 1. The van der Waals surface area contributed by atoms with Crippen LogP contribution in [0.3, 0.4) is 0 Å². The van der Waals surface area contributed by atoms with Crippen LogP contribution in [-0.4, -0.2) is 4.92 Å². The lowest BCUT2D eigenvalue weighted by molar-refractivity contribution is -0.385. The summed E-state index contributed by atoms with van der Waals surface area (Å²) in [6.45, 7) is 0. The first-order valence-electron chi connectivity index (χ1n) is 5.73. The van der Waals surface area contributed by atoms with Crippen LogP contribution in [-0.2, 0) is 0 Å². The van der Waals surface area contributed by atoms with Gasteiger partial charge in [0.05, 0.1) is 4.92 Å². The zero-order valence-corrected chi connectivity index (χ0v) is 10.5. The highest BCUT2D eigenvalue weighted by Gasteiger charge is 2.11. The maximum absolute atomic E-state index is 10.9. The summed E-state index contributed by atoms with van der Waals surface area (Å²) < 4.78 is 0. The normalized spacial score (nSPS) is 9.15. The third-order valence-corrected chi connectivity index (χ3v) is 2.61. The molecular formula is C16H10N2O2. The lowest BCUT2D eigenvalue weighted by Gasteiger charge is -1.96. The number of nitrogen functional groups attached to an aromatic ring is 1. The molecule has 0 saturated heterocycles. The third kappa shape index (κ3) is 2.95. The van der Waals surface area contributed by atoms with Crippen molar-refractivity contribution in [3.8, 4) is 24.2 Å². The standard InChI is InChI=1S/C16H10N2O2/c1-2-14-8-5-13(11-16(14)18(19)20)4-3-12-6-9-15(17)10-7-12/h1,5-11H,17H2. The van der Waals surface area contributed by atoms with Gasteiger partial charge in [-0.25, -0.2) is 0 Å². The van der Waals surface area contributed by atoms with Crippen molar-refractivity contribution in [2.24, 2.45) is 0 Å². The molecule has 0 aliphatic heterocycles. The smallest absolute Gasteiger partial charge is 0.286 e. The number of benzene rings is 2. The molecule has 0 spiro atoms. The van der Waals surface area contributed by atoms with Gasteiger partial charge in [-0.1, -0.05) is 17.8 Å². The van der Waals surface area contributed by atoms with E-state index in [9.17, 15) is 10.1 Å². The van der Waals surface area contributed by atoms with Crippen LogP contribution < -0.4 is 5.73 Å². The van der Waals surface area contributed by atoms with E-state index in [0.717, 1.165) is 5.56 Å². The zero-order valence-electron chi connectivity index (χ0n) is 10.5. The number of hydrogen-bond donors (Lipinski definition) is 1. The number of nitro benzene ring substituents is 1. The number of nitrogens with two attached hydrogens (primary N) is 1. The summed E-state index contributed by atoms with van der Waals surface area (Å²) in [6, 6.07) is 11.6. The maximum atomic E-state index is 10.9. The highest BCUT2D eigenvalue weighted by atomic mass is 16.6. The Bertz CT molecular complexity index is 760. The topological polar surface area (TPSA) is 69.2 Å². The Balaban J connectivity index is 2.36. The van der Waals surface area contributed by atoms with Crippen LogP contribution in [0.1, 0.15) is 16.7 Å². The first-order valence-corrected chi connectivity index (χ1v) is 5.73. The minimum Gasteiger partial charge on any atom is -0.399 e. The van der Waals surface area contributed by atoms with Crippen molar-refractivity contribution in [1.82, 2.24) is 0 Å². The SMILES string of the molecule is C#Cc1ccc(C#Cc2ccc(N)cc2)cc1[N+](=O)[O-]. The summed E-state index contributed by atoms with van der Waals surface area (Å²) in [5.41, 5.74) is 7.68. The molecule has 2 N–H and O–H groups in total. The summed E-state index contributed by atoms with van der Waals surface area (Å²) in [7, 11) is 0. The van der Waals surface area contributed by atoms with Crippen molar-refractivity contribution < 1.29 is 4.92 Å². The molecule has 20 heavy (non-hydrogen) atoms. The highest BCUT2D eigenvalue weighted by Crippen LogP contribution is 2.19. The second-order valence-electron chi connectivity index (χ2n) is 4.01. The van der Waals surface area contributed by atoms with Crippen LogP contribution in [0.4, 0.5) is 11.4 Å². The van der Waals surface area contributed by atoms with Gasteiger partial charge in [0.1, 0.15) is 5.56 Å². The summed E-state index contributed by atoms with van der Waals surface area (Å²) >= 11 is 0. The van der Waals surface area contributed by atoms with Gasteiger partial charge in [-0.2, -0.15) is 0 Å². The molecule has 0 fully saturated rings. The average Bonchev–Trinajstić information content (AvgIpc) is 2.46. The summed E-state index contributed by atoms with van der Waals surface area (Å²) in [5.74, 6) is 8.06. The third-order valence-electron chi connectivity index (χ3n) is 2.61. The summed E-state index contributed by atoms with van der Waals surface area (Å²) in [4.78, 5) is 10.4. The minimum absolute atomic E-state index is 0.114. The highest BCUT2D eigenvalue weighted by molar-refractivity contribution is 5.56. The van der Waals surface area contributed by atoms with Crippen molar-refractivity contribution in [1.29, 1.82) is 0 Å². The van der Waals surface area contributed by atoms with E-state index in [1.165, 1.54) is 12.1 Å². The molecule has 0 aliphatic rings. The predicted octanol–water partition coefficient (Wildman–Crippen LogP) is 2.56. The zero-order chi connectivity index (χ0) is 14.5. The van der Waals surface area contributed by atoms with E-state index in [2.05, 4.69) is 17.8 Å². The van der Waals surface area contributed by atoms with Crippen molar-refractivity contribution >= 4 is 11.4 Å². The van der Waals surface area contributed by atoms with E-state index < -0.39 is 4.92 Å². The van der Waals surface area contributed by atoms with Crippen molar-refractivity contribution in [2.45, 2.75) is 0 Å². The molecule has 0 atom stereocenters. The minimum atomic E-state index is -0.510. The van der Waals surface area contributed by atoms with Gasteiger partial charge in [0.15, 0.2) is 0 Å². The van der Waals surface area contributed by atoms with Gasteiger partial charge in [-0.05, 0) is 36.4 Å². The van der Waals surface area contributed by atoms with E-state index in [4.69, 9.17) is 12.2 Å². The van der Waals surface area contributed by atoms with Crippen LogP contribution >= 0.6 is 0 Å². The number of anilines is 1. The van der Waals surface area contributed by atoms with Crippen molar-refractivity contribution in [2.75, 3.05) is 5.73 Å². The van der Waals surface area contributed by atoms with Crippen molar-refractivity contribution in [3.05, 3.63) is 69.3 Å². The van der Waals surface area contributed by atoms with Crippen LogP contribution in [0.25, 0.3) is 0 Å². The van der Waals surface area contributed by atoms with Gasteiger partial charge < -0.3 is 5.73 Å². The fourth-order valence-corrected chi connectivity index (χ4v) is 1.59. The van der Waals surface area contributed by atoms with Gasteiger partial charge in [0.25, 0.3) is 5.69 Å². The molecule has 2 aromatic rings. The van der Waals surface area contributed by atoms with Crippen LogP contribution in [0.5, 0.6) is 0 Å². The second-order valence-corrected chi connectivity index (χ2v) is 4.01. The summed E-state index contributed by atoms with van der Waals surface area (Å²) in [5, 5.41) is 10.9. The van der Waals surface area contributed by atoms with E-state index in [-0.39, 0.29) is 11.3 Å². The number of nitrogens with zero attached hydrogens (tertiary/aromatic N) is 1. The van der Waals surface area contributed by atoms with Gasteiger partial charge in [0, 0.05) is 22.9 Å². The lowest BCUT2D eigenvalue weighted by atomic mass is 10.1. The Hall–Kier alpha value is -3.24. The first-order chi connectivity index (χ1) is 9.60. The monoisotopic (exact) mass is 262 g/mol. The van der Waals surface area contributed by atoms with E-state index in [1.807, 2.05) is 0 Å². The predicted molar refractivity (Wildman–Crippen MR) is 77.9 cm³/mol. The molecule has 0 heterocycles. The maximum Gasteiger partial charge on any atom is 0.286 e. The second kappa shape index (κ2) is 5.60. The lowest BCUT2D eigenvalue weighted by Crippen LogP contribution is -1.93. The molecule has 0 radical (unpaired) electrons. The molecule has 0 bridgehead atoms. The van der Waals surface area contributed by atoms with Crippen molar-refractivity contribution in [3.63, 3.8) is 0 Å². The fourth-order valence-electron chi connectivity index (χ4n) is 1.59. The number of hydrogen-bond acceptors (Lipinski definition) is 3. The van der Waals surface area contributed by atoms with E-state index in [0.29, 0.717) is 11.3 Å². The van der Waals surface area contributed by atoms with Gasteiger partial charge in [0.2, 0.25) is 0 Å². The molecule has 0 unspecified atom stereocenters. The largest absolute Gasteiger partial charge is 0.399 e. The molecule has 2 rings (SSSR count). The molecule has 4 nitrogen and oxygen atoms in total. The Morgan fingerprint density at radius 1 is 1.05 bits per heavy atom. The van der Waals surface area contributed by atoms with Crippen LogP contribution in [0.15, 0.2) is 42.5 Å². The number of terminal acetylenes is 1. The molecular weight excluding hydrogens is 252 g/mol. The van der Waals surface area contributed by atoms with Gasteiger partial charge >= 0.3 is 0 Å². The Morgan fingerprint density at radius 2 is 1.65 bits per heavy atom. The van der Waals surface area contributed by atoms with Gasteiger partial charge in [-0.15, -0.1) is 6.42 Å². The first kappa shape index (κ1) is 13.2. The Kier molecular flexibility index (Phi) is 3.70. The molecule has 96 valence electrons. The fraction of sp³-hybridized carbons (Fsp3) is 0. The molecule has 0 aromatic heterocycles. The van der Waals surface area contributed by atoms with E-state index >= 15 is 0 Å². The Morgan fingerprint density at radius 3 is 2.25 bits per heavy atom. The van der Waals surface area contributed by atoms with Crippen LogP contribution in [0.2, 0.25) is 0 Å². The van der Waals surface area contributed by atoms with Gasteiger partial charge in [-0.3, -0.25) is 10.1 Å². The molecule has 0 saturated carbocycles. The Labute approximate surface area is 116 Å². The molecule has 2 aromatic carbocycles. The molecule has 0 amide bonds. The van der Waals surface area contributed by atoms with Crippen LogP contribution in [0, 0.1) is 34.3 Å².